The van der Waals surface area contributed by atoms with Crippen LogP contribution in [-0.2, 0) is 19.1 Å². The van der Waals surface area contributed by atoms with Crippen LogP contribution in [-0.4, -0.2) is 41.4 Å². The molecule has 2 aromatic heterocycles. The Kier molecular flexibility index (Phi) is 127. The van der Waals surface area contributed by atoms with Gasteiger partial charge in [0.25, 0.3) is 19.1 Å². The van der Waals surface area contributed by atoms with Crippen LogP contribution in [0.5, 0.6) is 11.5 Å². The van der Waals surface area contributed by atoms with E-state index in [1.54, 1.807) is 48.5 Å². The van der Waals surface area contributed by atoms with Gasteiger partial charge in [0.05, 0.1) is 25.0 Å². The molecule has 0 unspecified atom stereocenters. The zero-order valence-electron chi connectivity index (χ0n) is 51.6. The van der Waals surface area contributed by atoms with E-state index in [1.807, 2.05) is 18.2 Å². The van der Waals surface area contributed by atoms with E-state index in [0.717, 1.165) is 14.3 Å². The van der Waals surface area contributed by atoms with Gasteiger partial charge in [-0.15, -0.1) is 0 Å². The summed E-state index contributed by atoms with van der Waals surface area (Å²) >= 11 is 135. The summed E-state index contributed by atoms with van der Waals surface area (Å²) in [6, 6.07) is 23.3. The van der Waals surface area contributed by atoms with Crippen molar-refractivity contribution < 1.29 is 48.6 Å². The first-order chi connectivity index (χ1) is 55.5. The fraction of sp³-hybridized carbons (Fsp3) is 0.0714. The van der Waals surface area contributed by atoms with Gasteiger partial charge in [-0.3, -0.25) is 4.72 Å². The van der Waals surface area contributed by atoms with E-state index in [9.17, 15) is 16.8 Å². The first-order valence-electron chi connectivity index (χ1n) is 23.0. The monoisotopic (exact) mass is 10300 g/mol. The quantitative estimate of drug-likeness (QED) is 0.0275. The van der Waals surface area contributed by atoms with Crippen LogP contribution in [0.2, 0.25) is 0 Å². The normalized spacial score (nSPS) is 16.1. The van der Waals surface area contributed by atoms with Gasteiger partial charge >= 0.3 is 1000 Å². The number of anilines is 2. The second-order valence-corrected chi connectivity index (χ2v) is 1790. The number of sulfonamides is 1. The predicted octanol–water partition coefficient (Wildman–Crippen LogP) is 69.7. The van der Waals surface area contributed by atoms with E-state index < -0.39 is 303 Å². The molecule has 0 aliphatic heterocycles. The fourth-order valence-corrected chi connectivity index (χ4v) is 14500. The zero-order chi connectivity index (χ0) is 92.3. The van der Waals surface area contributed by atoms with E-state index >= 15 is 0 Å². The summed E-state index contributed by atoms with van der Waals surface area (Å²) in [4.78, 5) is 0.0277. The molecular weight excluding hydrogens is 10300 g/mol. The molecule has 0 aliphatic carbocycles. The molecule has 0 radical (unpaired) electrons. The summed E-state index contributed by atoms with van der Waals surface area (Å²) < 4.78 is 71.0. The summed E-state index contributed by atoms with van der Waals surface area (Å²) in [6.45, 7) is 0. The Morgan fingerprint density at radius 2 is 0.583 bits per heavy atom. The third-order valence-corrected chi connectivity index (χ3v) is 5880. The van der Waals surface area contributed by atoms with Crippen molar-refractivity contribution in [3.8, 4) is 11.5 Å². The summed E-state index contributed by atoms with van der Waals surface area (Å²) in [5.74, 6) is 1.08. The largest absolute Gasteiger partial charge is 0.380 e. The van der Waals surface area contributed by atoms with Gasteiger partial charge in [-0.2, -0.15) is 0 Å². The minimum absolute atomic E-state index is 0.00540. The number of fused-ring (bicyclic) bond motifs is 2. The Labute approximate surface area is 1220 Å². The Hall–Kier alpha value is 50.9. The molecule has 0 spiro atoms. The Bertz CT molecular complexity index is 4280. The fourth-order valence-electron chi connectivity index (χ4n) is 4.82. The maximum absolute atomic E-state index is 12.5. The average Bonchev–Trinajstić information content (AvgIpc) is 1.62. The Morgan fingerprint density at radius 3 is 0.842 bits per heavy atom. The predicted molar refractivity (Wildman–Crippen MR) is 1220 cm³/mol. The van der Waals surface area contributed by atoms with Crippen LogP contribution in [0.25, 0.3) is 21.9 Å². The summed E-state index contributed by atoms with van der Waals surface area (Å²) in [5, 5.41) is 8.82. The smallest absolute Gasteiger partial charge is 0.174 e. The topological polar surface area (TPSA) is 177 Å². The molecule has 2 heterocycles. The molecule has 92 heteroatoms. The third-order valence-electron chi connectivity index (χ3n) is 8.72. The molecule has 6 rings (SSSR count). The molecule has 12 nitrogen and oxygen atoms in total. The molecule has 762 valence electrons. The minimum atomic E-state index is -3.84. The number of halogens is 78. The third kappa shape index (κ3) is 60.8. The molecule has 0 fully saturated rings. The summed E-state index contributed by atoms with van der Waals surface area (Å²) in [7, 11) is -20.4. The minimum Gasteiger partial charge on any atom is -0.380 e. The first kappa shape index (κ1) is 165. The van der Waals surface area contributed by atoms with Crippen molar-refractivity contribution in [1.82, 2.24) is 10.3 Å². The van der Waals surface area contributed by atoms with Crippen LogP contribution < -0.4 is 33.2 Å². The second-order valence-electron chi connectivity index (χ2n) is 14.6. The number of rotatable bonds is 42. The standard InChI is InChI=1S/C14H11BrN2O4S.C7H5BrN2O.C7H7ClO3S.I75/c1-20-11-4-2-3-5-13(11)22(18,19)17-14-10-7-6-9(15)8-12(10)21-16-14;8-4-1-2-5-6(3-4)11-10-7(5)9;1-11-6-4-2-3-5-7(6)12(8,9)10;1-39-41(4)43(6)45(8)47(10)49(12)51(14)53(16)55(18)57(20)59(22)61(24)63(26)65(28)67(30)69(32)71(34)73(36)75(38)74(37)72(35)70(33)68(31)66(29)64(27)62(25)60(23)58(21)56(19)54(17)52(15)50(13)48(11)46(9)44(7)42(5)40(2)3/h2-8H,1H3,(H,16,17);1-3H,(H2,9,10);2-5H,1H3;/q;;;-1. The Balaban J connectivity index is 0.000000644. The van der Waals surface area contributed by atoms with Gasteiger partial charge < -0.3 is 24.3 Å². The maximum Gasteiger partial charge on any atom is 0.174 e. The SMILES string of the molecule is COc1ccccc1S(=O)(=O)Cl.COc1ccccc1S(=O)(=O)Nc1noc2cc(Br)ccc12.I[I-]I(I)I(I)I(I)I(I)I(I)I(I)I(I)I(I)I(I)I(I)I(I)I(I)I(I)I(I)I(I)I(I)I(I)I(I)I(I)I(I)I(I)I(I)I(I)I(I)I(I)I(I)I(I)I(I)I(I)I(I)I(I)I(I)I(I)I(I)I(I)I(I)I.Nc1noc2cc(Br)ccc12. The van der Waals surface area contributed by atoms with Gasteiger partial charge in [0.1, 0.15) is 21.3 Å². The number of aromatic nitrogens is 2. The molecule has 0 bridgehead atoms. The van der Waals surface area contributed by atoms with Gasteiger partial charge in [0.15, 0.2) is 22.8 Å². The van der Waals surface area contributed by atoms with Crippen molar-refractivity contribution in [3.05, 3.63) is 93.9 Å². The number of methoxy groups -OCH3 is 2. The van der Waals surface area contributed by atoms with Crippen LogP contribution in [0.15, 0.2) is 113 Å². The van der Waals surface area contributed by atoms with Crippen molar-refractivity contribution in [2.75, 3.05) is 24.7 Å². The number of hydrogen-bond acceptors (Lipinski definition) is 11. The molecule has 0 saturated heterocycles. The van der Waals surface area contributed by atoms with Crippen LogP contribution in [0, 0.1) is 0 Å². The molecule has 0 atom stereocenters. The number of para-hydroxylation sites is 2. The number of nitrogens with one attached hydrogen (secondary N) is 1. The van der Waals surface area contributed by atoms with Crippen LogP contribution >= 0.6 is 1030 Å². The van der Waals surface area contributed by atoms with E-state index in [2.05, 4.69) is 754 Å². The van der Waals surface area contributed by atoms with Gasteiger partial charge in [-0.05, 0) is 60.7 Å². The molecular formula is C28H23Br2ClI75N4O8S2-. The van der Waals surface area contributed by atoms with Crippen molar-refractivity contribution in [1.29, 1.82) is 0 Å². The van der Waals surface area contributed by atoms with Crippen LogP contribution in [0.1, 0.15) is 0 Å². The number of ether oxygens (including phenoxy) is 2. The van der Waals surface area contributed by atoms with Crippen molar-refractivity contribution >= 4 is 1090 Å². The van der Waals surface area contributed by atoms with Gasteiger partial charge in [-0.25, -0.2) is 16.8 Å². The van der Waals surface area contributed by atoms with Gasteiger partial charge in [0.2, 0.25) is 0 Å². The van der Waals surface area contributed by atoms with Crippen molar-refractivity contribution in [3.63, 3.8) is 0 Å². The molecule has 6 aromatic rings. The van der Waals surface area contributed by atoms with Crippen LogP contribution in [0.3, 0.4) is 0 Å². The number of nitrogen functional groups attached to an aromatic ring is 1. The number of nitrogens with two attached hydrogens (primary N) is 1. The van der Waals surface area contributed by atoms with Crippen LogP contribution in [0.4, 0.5) is 11.6 Å². The maximum atomic E-state index is 12.5. The van der Waals surface area contributed by atoms with Crippen molar-refractivity contribution in [2.24, 2.45) is 0 Å². The van der Waals surface area contributed by atoms with E-state index in [-0.39, 0.29) is 27.1 Å². The van der Waals surface area contributed by atoms with E-state index in [1.165, 1.54) is 32.4 Å². The van der Waals surface area contributed by atoms with E-state index in [0.29, 0.717) is 35.6 Å². The molecule has 4 aromatic carbocycles. The van der Waals surface area contributed by atoms with E-state index in [4.69, 9.17) is 34.9 Å². The second kappa shape index (κ2) is 92.5. The summed E-state index contributed by atoms with van der Waals surface area (Å²) in [6.07, 6.45) is 0. The average molecular weight is 10300 g/mol. The van der Waals surface area contributed by atoms with Crippen molar-refractivity contribution in [2.45, 2.75) is 9.79 Å². The molecule has 0 aliphatic rings. The zero-order valence-corrected chi connectivity index (χ0v) is 219. The molecule has 0 amide bonds. The number of hydrogen-bond donors (Lipinski definition) is 2. The number of nitrogens with zero attached hydrogens (tertiary/aromatic N) is 2. The van der Waals surface area contributed by atoms with Gasteiger partial charge in [0, 0.05) is 19.6 Å². The molecule has 0 saturated carbocycles. The summed E-state index contributed by atoms with van der Waals surface area (Å²) in [5.41, 5.74) is 6.69. The first-order valence-corrected chi connectivity index (χ1v) is 494. The molecule has 120 heavy (non-hydrogen) atoms. The Morgan fingerprint density at radius 1 is 0.350 bits per heavy atom. The number of benzene rings is 4. The molecule has 3 N–H and O–H groups in total. The van der Waals surface area contributed by atoms with Gasteiger partial charge in [-0.1, -0.05) is 66.4 Å².